The summed E-state index contributed by atoms with van der Waals surface area (Å²) in [5, 5.41) is 14.1. The van der Waals surface area contributed by atoms with Crippen molar-refractivity contribution in [3.63, 3.8) is 0 Å². The Hall–Kier alpha value is -0.580. The van der Waals surface area contributed by atoms with E-state index in [1.165, 1.54) is 5.56 Å². The molecule has 0 aliphatic carbocycles. The number of aromatic nitrogens is 1. The Bertz CT molecular complexity index is 377. The average molecular weight is 280 g/mol. The molecule has 19 heavy (non-hydrogen) atoms. The van der Waals surface area contributed by atoms with Crippen molar-refractivity contribution in [3.05, 3.63) is 30.1 Å². The number of rotatable bonds is 5. The molecule has 0 spiro atoms. The summed E-state index contributed by atoms with van der Waals surface area (Å²) < 4.78 is 0. The second-order valence-electron chi connectivity index (χ2n) is 5.73. The number of aliphatic hydroxyl groups is 1. The van der Waals surface area contributed by atoms with Crippen LogP contribution in [0.3, 0.4) is 0 Å². The van der Waals surface area contributed by atoms with Gasteiger partial charge in [-0.15, -0.1) is 0 Å². The maximum absolute atomic E-state index is 10.6. The van der Waals surface area contributed by atoms with Gasteiger partial charge in [-0.1, -0.05) is 19.9 Å². The zero-order valence-corrected chi connectivity index (χ0v) is 12.6. The summed E-state index contributed by atoms with van der Waals surface area (Å²) in [4.78, 5) is 4.19. The Kier molecular flexibility index (Phi) is 5.25. The fourth-order valence-electron chi connectivity index (χ4n) is 2.53. The minimum absolute atomic E-state index is 0.257. The molecule has 1 saturated heterocycles. The largest absolute Gasteiger partial charge is 0.389 e. The van der Waals surface area contributed by atoms with Gasteiger partial charge in [-0.2, -0.15) is 11.8 Å². The zero-order chi connectivity index (χ0) is 13.7. The molecule has 2 N–H and O–H groups in total. The van der Waals surface area contributed by atoms with Crippen LogP contribution in [-0.4, -0.2) is 33.7 Å². The van der Waals surface area contributed by atoms with Crippen molar-refractivity contribution in [3.8, 4) is 0 Å². The first kappa shape index (κ1) is 14.8. The third-order valence-electron chi connectivity index (χ3n) is 3.78. The molecule has 1 unspecified atom stereocenters. The summed E-state index contributed by atoms with van der Waals surface area (Å²) in [6.07, 6.45) is 5.50. The molecule has 2 rings (SSSR count). The first-order valence-corrected chi connectivity index (χ1v) is 8.20. The van der Waals surface area contributed by atoms with Crippen LogP contribution < -0.4 is 5.32 Å². The summed E-state index contributed by atoms with van der Waals surface area (Å²) in [6.45, 7) is 5.07. The highest BCUT2D eigenvalue weighted by Gasteiger charge is 2.30. The number of nitrogens with one attached hydrogen (secondary N) is 1. The van der Waals surface area contributed by atoms with E-state index < -0.39 is 5.60 Å². The van der Waals surface area contributed by atoms with Crippen LogP contribution in [0.4, 0.5) is 0 Å². The van der Waals surface area contributed by atoms with Gasteiger partial charge in [0, 0.05) is 25.0 Å². The fraction of sp³-hybridized carbons (Fsp3) is 0.667. The Balaban J connectivity index is 1.98. The van der Waals surface area contributed by atoms with E-state index >= 15 is 0 Å². The molecular weight excluding hydrogens is 256 g/mol. The Morgan fingerprint density at radius 3 is 2.74 bits per heavy atom. The van der Waals surface area contributed by atoms with Gasteiger partial charge in [0.1, 0.15) is 0 Å². The van der Waals surface area contributed by atoms with Crippen LogP contribution in [0.15, 0.2) is 24.5 Å². The van der Waals surface area contributed by atoms with Gasteiger partial charge < -0.3 is 10.4 Å². The average Bonchev–Trinajstić information content (AvgIpc) is 2.40. The minimum atomic E-state index is -0.527. The first-order chi connectivity index (χ1) is 9.11. The number of hydrogen-bond donors (Lipinski definition) is 2. The summed E-state index contributed by atoms with van der Waals surface area (Å²) in [5.74, 6) is 2.61. The highest BCUT2D eigenvalue weighted by molar-refractivity contribution is 7.99. The van der Waals surface area contributed by atoms with Crippen molar-refractivity contribution in [2.45, 2.75) is 38.3 Å². The number of pyridine rings is 1. The molecule has 0 aromatic carbocycles. The van der Waals surface area contributed by atoms with Gasteiger partial charge in [-0.05, 0) is 41.9 Å². The monoisotopic (exact) mass is 280 g/mol. The van der Waals surface area contributed by atoms with E-state index in [1.807, 2.05) is 24.0 Å². The molecule has 2 heterocycles. The molecule has 106 valence electrons. The third kappa shape index (κ3) is 4.20. The van der Waals surface area contributed by atoms with Crippen LogP contribution in [0, 0.1) is 5.92 Å². The van der Waals surface area contributed by atoms with Crippen molar-refractivity contribution in [2.75, 3.05) is 18.1 Å². The summed E-state index contributed by atoms with van der Waals surface area (Å²) in [6, 6.07) is 4.33. The molecule has 1 aliphatic heterocycles. The first-order valence-electron chi connectivity index (χ1n) is 7.04. The fourth-order valence-corrected chi connectivity index (χ4v) is 3.78. The molecule has 0 bridgehead atoms. The summed E-state index contributed by atoms with van der Waals surface area (Å²) in [7, 11) is 0. The highest BCUT2D eigenvalue weighted by atomic mass is 32.2. The Labute approximate surface area is 120 Å². The van der Waals surface area contributed by atoms with Crippen molar-refractivity contribution in [1.29, 1.82) is 0 Å². The zero-order valence-electron chi connectivity index (χ0n) is 11.8. The molecule has 1 atom stereocenters. The molecule has 1 aromatic heterocycles. The van der Waals surface area contributed by atoms with Crippen LogP contribution in [0.2, 0.25) is 0 Å². The maximum Gasteiger partial charge on any atom is 0.0787 e. The van der Waals surface area contributed by atoms with E-state index in [9.17, 15) is 5.11 Å². The van der Waals surface area contributed by atoms with Gasteiger partial charge in [0.05, 0.1) is 5.60 Å². The number of hydrogen-bond acceptors (Lipinski definition) is 4. The number of nitrogens with zero attached hydrogens (tertiary/aromatic N) is 1. The smallest absolute Gasteiger partial charge is 0.0787 e. The van der Waals surface area contributed by atoms with Gasteiger partial charge in [0.15, 0.2) is 0 Å². The molecule has 1 aliphatic rings. The molecule has 1 aromatic rings. The van der Waals surface area contributed by atoms with Crippen molar-refractivity contribution in [1.82, 2.24) is 10.3 Å². The normalized spacial score (nSPS) is 20.4. The van der Waals surface area contributed by atoms with Crippen LogP contribution in [0.1, 0.15) is 38.3 Å². The van der Waals surface area contributed by atoms with Crippen molar-refractivity contribution >= 4 is 11.8 Å². The minimum Gasteiger partial charge on any atom is -0.389 e. The van der Waals surface area contributed by atoms with E-state index in [0.717, 1.165) is 24.3 Å². The third-order valence-corrected chi connectivity index (χ3v) is 4.77. The lowest BCUT2D eigenvalue weighted by Crippen LogP contribution is -2.45. The quantitative estimate of drug-likeness (QED) is 0.870. The lowest BCUT2D eigenvalue weighted by atomic mass is 9.93. The van der Waals surface area contributed by atoms with Crippen molar-refractivity contribution < 1.29 is 5.11 Å². The Morgan fingerprint density at radius 2 is 2.16 bits per heavy atom. The van der Waals surface area contributed by atoms with E-state index in [2.05, 4.69) is 30.2 Å². The molecule has 0 saturated carbocycles. The Morgan fingerprint density at radius 1 is 1.42 bits per heavy atom. The van der Waals surface area contributed by atoms with E-state index in [1.54, 1.807) is 6.20 Å². The summed E-state index contributed by atoms with van der Waals surface area (Å²) >= 11 is 1.94. The molecule has 0 radical (unpaired) electrons. The van der Waals surface area contributed by atoms with E-state index in [4.69, 9.17) is 0 Å². The SMILES string of the molecule is CC(C)C(NCC1(O)CCSCC1)c1cccnc1. The van der Waals surface area contributed by atoms with Gasteiger partial charge >= 0.3 is 0 Å². The van der Waals surface area contributed by atoms with E-state index in [-0.39, 0.29) is 6.04 Å². The molecule has 1 fully saturated rings. The molecule has 4 heteroatoms. The maximum atomic E-state index is 10.6. The van der Waals surface area contributed by atoms with Gasteiger partial charge in [-0.3, -0.25) is 4.98 Å². The van der Waals surface area contributed by atoms with Gasteiger partial charge in [-0.25, -0.2) is 0 Å². The van der Waals surface area contributed by atoms with Crippen molar-refractivity contribution in [2.24, 2.45) is 5.92 Å². The standard InChI is InChI=1S/C15H24N2OS/c1-12(2)14(13-4-3-7-16-10-13)17-11-15(18)5-8-19-9-6-15/h3-4,7,10,12,14,17-18H,5-6,8-9,11H2,1-2H3. The summed E-state index contributed by atoms with van der Waals surface area (Å²) in [5.41, 5.74) is 0.673. The topological polar surface area (TPSA) is 45.1 Å². The second-order valence-corrected chi connectivity index (χ2v) is 6.95. The lowest BCUT2D eigenvalue weighted by Gasteiger charge is -2.34. The predicted octanol–water partition coefficient (Wildman–Crippen LogP) is 2.63. The van der Waals surface area contributed by atoms with Crippen LogP contribution in [0.25, 0.3) is 0 Å². The molecule has 0 amide bonds. The lowest BCUT2D eigenvalue weighted by molar-refractivity contribution is 0.0280. The van der Waals surface area contributed by atoms with Gasteiger partial charge in [0.2, 0.25) is 0 Å². The highest BCUT2D eigenvalue weighted by Crippen LogP contribution is 2.28. The van der Waals surface area contributed by atoms with Crippen LogP contribution in [0.5, 0.6) is 0 Å². The predicted molar refractivity (Wildman–Crippen MR) is 81.3 cm³/mol. The van der Waals surface area contributed by atoms with Gasteiger partial charge in [0.25, 0.3) is 0 Å². The van der Waals surface area contributed by atoms with Crippen LogP contribution in [-0.2, 0) is 0 Å². The second kappa shape index (κ2) is 6.73. The van der Waals surface area contributed by atoms with Crippen LogP contribution >= 0.6 is 11.8 Å². The number of thioether (sulfide) groups is 1. The molecule has 3 nitrogen and oxygen atoms in total. The van der Waals surface area contributed by atoms with E-state index in [0.29, 0.717) is 12.5 Å². The molecular formula is C15H24N2OS.